The number of sulfone groups is 1. The van der Waals surface area contributed by atoms with Crippen LogP contribution in [0, 0.1) is 6.92 Å². The van der Waals surface area contributed by atoms with Crippen LogP contribution in [0.1, 0.15) is 24.5 Å². The minimum Gasteiger partial charge on any atom is -0.445 e. The third kappa shape index (κ3) is 3.05. The van der Waals surface area contributed by atoms with E-state index in [1.807, 2.05) is 6.92 Å². The Morgan fingerprint density at radius 3 is 2.75 bits per heavy atom. The van der Waals surface area contributed by atoms with Gasteiger partial charge in [-0.25, -0.2) is 13.4 Å². The molecule has 0 amide bonds. The molecule has 1 fully saturated rings. The summed E-state index contributed by atoms with van der Waals surface area (Å²) in [5.74, 6) is 2.03. The Bertz CT molecular complexity index is 438. The average Bonchev–Trinajstić information content (AvgIpc) is 2.63. The van der Waals surface area contributed by atoms with Gasteiger partial charge in [-0.2, -0.15) is 0 Å². The van der Waals surface area contributed by atoms with E-state index in [1.165, 1.54) is 0 Å². The van der Waals surface area contributed by atoms with Crippen LogP contribution in [-0.4, -0.2) is 30.9 Å². The summed E-state index contributed by atoms with van der Waals surface area (Å²) in [5.41, 5.74) is 0. The highest BCUT2D eigenvalue weighted by Crippen LogP contribution is 2.12. The topological polar surface area (TPSA) is 72.2 Å². The maximum absolute atomic E-state index is 11.2. The molecule has 2 heterocycles. The molecule has 5 nitrogen and oxygen atoms in total. The normalized spacial score (nSPS) is 21.1. The van der Waals surface area contributed by atoms with Crippen molar-refractivity contribution in [2.75, 3.05) is 11.5 Å². The van der Waals surface area contributed by atoms with E-state index in [0.717, 1.165) is 5.76 Å². The zero-order valence-electron chi connectivity index (χ0n) is 9.27. The molecule has 1 aromatic heterocycles. The number of aromatic nitrogens is 1. The zero-order chi connectivity index (χ0) is 11.6. The van der Waals surface area contributed by atoms with Crippen molar-refractivity contribution in [2.45, 2.75) is 32.4 Å². The van der Waals surface area contributed by atoms with Crippen LogP contribution in [0.5, 0.6) is 0 Å². The lowest BCUT2D eigenvalue weighted by Crippen LogP contribution is -2.37. The third-order valence-corrected chi connectivity index (χ3v) is 4.48. The molecule has 0 aromatic carbocycles. The van der Waals surface area contributed by atoms with Crippen molar-refractivity contribution in [2.24, 2.45) is 0 Å². The van der Waals surface area contributed by atoms with Gasteiger partial charge in [-0.15, -0.1) is 0 Å². The van der Waals surface area contributed by atoms with Crippen molar-refractivity contribution >= 4 is 9.84 Å². The van der Waals surface area contributed by atoms with E-state index in [-0.39, 0.29) is 17.5 Å². The Morgan fingerprint density at radius 1 is 1.50 bits per heavy atom. The summed E-state index contributed by atoms with van der Waals surface area (Å²) >= 11 is 0. The quantitative estimate of drug-likeness (QED) is 0.845. The van der Waals surface area contributed by atoms with Crippen LogP contribution >= 0.6 is 0 Å². The highest BCUT2D eigenvalue weighted by Gasteiger charge is 2.23. The molecule has 0 saturated carbocycles. The Labute approximate surface area is 95.2 Å². The summed E-state index contributed by atoms with van der Waals surface area (Å²) in [4.78, 5) is 4.08. The molecule has 0 aliphatic carbocycles. The van der Waals surface area contributed by atoms with Crippen LogP contribution in [0.15, 0.2) is 10.6 Å². The Morgan fingerprint density at radius 2 is 2.19 bits per heavy atom. The predicted molar refractivity (Wildman–Crippen MR) is 59.8 cm³/mol. The van der Waals surface area contributed by atoms with Gasteiger partial charge in [0.1, 0.15) is 15.6 Å². The van der Waals surface area contributed by atoms with Crippen LogP contribution in [-0.2, 0) is 16.4 Å². The first-order valence-electron chi connectivity index (χ1n) is 5.40. The molecule has 1 N–H and O–H groups in total. The summed E-state index contributed by atoms with van der Waals surface area (Å²) in [5, 5.41) is 3.27. The second kappa shape index (κ2) is 4.55. The van der Waals surface area contributed by atoms with E-state index in [1.54, 1.807) is 6.20 Å². The molecule has 0 bridgehead atoms. The monoisotopic (exact) mass is 244 g/mol. The predicted octanol–water partition coefficient (Wildman–Crippen LogP) is 0.650. The van der Waals surface area contributed by atoms with E-state index < -0.39 is 9.84 Å². The second-order valence-corrected chi connectivity index (χ2v) is 6.48. The highest BCUT2D eigenvalue weighted by atomic mass is 32.2. The summed E-state index contributed by atoms with van der Waals surface area (Å²) in [7, 11) is -2.77. The largest absolute Gasteiger partial charge is 0.445 e. The first-order valence-corrected chi connectivity index (χ1v) is 7.22. The van der Waals surface area contributed by atoms with E-state index >= 15 is 0 Å². The molecule has 16 heavy (non-hydrogen) atoms. The fourth-order valence-corrected chi connectivity index (χ4v) is 3.30. The summed E-state index contributed by atoms with van der Waals surface area (Å²) in [6.45, 7) is 2.42. The van der Waals surface area contributed by atoms with Crippen LogP contribution < -0.4 is 5.32 Å². The van der Waals surface area contributed by atoms with Crippen molar-refractivity contribution in [3.8, 4) is 0 Å². The van der Waals surface area contributed by atoms with Gasteiger partial charge in [0.2, 0.25) is 5.89 Å². The van der Waals surface area contributed by atoms with Gasteiger partial charge in [-0.1, -0.05) is 0 Å². The third-order valence-electron chi connectivity index (χ3n) is 2.77. The molecule has 0 radical (unpaired) electrons. The summed E-state index contributed by atoms with van der Waals surface area (Å²) in [6, 6.07) is 0.260. The van der Waals surface area contributed by atoms with Gasteiger partial charge < -0.3 is 9.73 Å². The van der Waals surface area contributed by atoms with Crippen molar-refractivity contribution in [3.05, 3.63) is 17.8 Å². The fraction of sp³-hybridized carbons (Fsp3) is 0.700. The lowest BCUT2D eigenvalue weighted by Gasteiger charge is -2.22. The molecule has 1 aliphatic rings. The zero-order valence-corrected chi connectivity index (χ0v) is 10.1. The Balaban J connectivity index is 1.80. The molecule has 1 saturated heterocycles. The van der Waals surface area contributed by atoms with Crippen molar-refractivity contribution in [3.63, 3.8) is 0 Å². The first-order chi connectivity index (χ1) is 7.55. The summed E-state index contributed by atoms with van der Waals surface area (Å²) in [6.07, 6.45) is 3.05. The molecule has 2 rings (SSSR count). The molecule has 0 unspecified atom stereocenters. The molecular formula is C10H16N2O3S. The standard InChI is InChI=1S/C10H16N2O3S/c1-8-6-12-10(15-8)7-11-9-2-4-16(13,14)5-3-9/h6,9,11H,2-5,7H2,1H3. The SMILES string of the molecule is Cc1cnc(CNC2CCS(=O)(=O)CC2)o1. The highest BCUT2D eigenvalue weighted by molar-refractivity contribution is 7.91. The second-order valence-electron chi connectivity index (χ2n) is 4.17. The van der Waals surface area contributed by atoms with E-state index in [0.29, 0.717) is 25.3 Å². The van der Waals surface area contributed by atoms with Crippen LogP contribution in [0.3, 0.4) is 0 Å². The molecule has 1 aliphatic heterocycles. The van der Waals surface area contributed by atoms with Gasteiger partial charge in [0.25, 0.3) is 0 Å². The van der Waals surface area contributed by atoms with Crippen LogP contribution in [0.2, 0.25) is 0 Å². The molecule has 0 spiro atoms. The lowest BCUT2D eigenvalue weighted by atomic mass is 10.1. The van der Waals surface area contributed by atoms with Crippen molar-refractivity contribution < 1.29 is 12.8 Å². The number of hydrogen-bond donors (Lipinski definition) is 1. The molecule has 0 atom stereocenters. The number of aryl methyl sites for hydroxylation is 1. The Hall–Kier alpha value is -0.880. The van der Waals surface area contributed by atoms with E-state index in [9.17, 15) is 8.42 Å². The maximum atomic E-state index is 11.2. The molecule has 6 heteroatoms. The molecular weight excluding hydrogens is 228 g/mol. The Kier molecular flexibility index (Phi) is 3.30. The number of nitrogens with zero attached hydrogens (tertiary/aromatic N) is 1. The first kappa shape index (κ1) is 11.6. The summed E-state index contributed by atoms with van der Waals surface area (Å²) < 4.78 is 27.8. The lowest BCUT2D eigenvalue weighted by molar-refractivity contribution is 0.404. The van der Waals surface area contributed by atoms with Crippen molar-refractivity contribution in [1.82, 2.24) is 10.3 Å². The van der Waals surface area contributed by atoms with E-state index in [2.05, 4.69) is 10.3 Å². The van der Waals surface area contributed by atoms with Gasteiger partial charge in [0.05, 0.1) is 24.2 Å². The minimum absolute atomic E-state index is 0.260. The fourth-order valence-electron chi connectivity index (χ4n) is 1.81. The number of nitrogens with one attached hydrogen (secondary N) is 1. The minimum atomic E-state index is -2.77. The molecule has 90 valence electrons. The van der Waals surface area contributed by atoms with Crippen LogP contribution in [0.25, 0.3) is 0 Å². The average molecular weight is 244 g/mol. The number of rotatable bonds is 3. The van der Waals surface area contributed by atoms with Gasteiger partial charge in [-0.3, -0.25) is 0 Å². The van der Waals surface area contributed by atoms with Gasteiger partial charge in [-0.05, 0) is 19.8 Å². The van der Waals surface area contributed by atoms with E-state index in [4.69, 9.17) is 4.42 Å². The van der Waals surface area contributed by atoms with Gasteiger partial charge in [0, 0.05) is 6.04 Å². The van der Waals surface area contributed by atoms with Crippen molar-refractivity contribution in [1.29, 1.82) is 0 Å². The number of oxazole rings is 1. The maximum Gasteiger partial charge on any atom is 0.208 e. The van der Waals surface area contributed by atoms with Gasteiger partial charge >= 0.3 is 0 Å². The molecule has 1 aromatic rings. The van der Waals surface area contributed by atoms with Gasteiger partial charge in [0.15, 0.2) is 0 Å². The van der Waals surface area contributed by atoms with Crippen LogP contribution in [0.4, 0.5) is 0 Å². The number of hydrogen-bond acceptors (Lipinski definition) is 5. The smallest absolute Gasteiger partial charge is 0.208 e.